The number of hydrogen-bond acceptors (Lipinski definition) is 3. The van der Waals surface area contributed by atoms with Gasteiger partial charge < -0.3 is 14.4 Å². The van der Waals surface area contributed by atoms with E-state index >= 15 is 0 Å². The van der Waals surface area contributed by atoms with Gasteiger partial charge in [-0.15, -0.1) is 0 Å². The van der Waals surface area contributed by atoms with E-state index in [1.54, 1.807) is 0 Å². The van der Waals surface area contributed by atoms with E-state index in [1.807, 2.05) is 0 Å². The molecule has 76 heavy (non-hydrogen) atoms. The molecule has 0 bridgehead atoms. The van der Waals surface area contributed by atoms with Crippen LogP contribution in [0.5, 0.6) is 23.0 Å². The highest BCUT2D eigenvalue weighted by molar-refractivity contribution is 6.99. The van der Waals surface area contributed by atoms with E-state index < -0.39 is 0 Å². The summed E-state index contributed by atoms with van der Waals surface area (Å²) < 4.78 is 13.9. The molecule has 5 heteroatoms. The predicted octanol–water partition coefficient (Wildman–Crippen LogP) is 12.5. The maximum Gasteiger partial charge on any atom is 0.260 e. The summed E-state index contributed by atoms with van der Waals surface area (Å²) in [6.45, 7) is 0.0263. The predicted molar refractivity (Wildman–Crippen MR) is 311 cm³/mol. The minimum absolute atomic E-state index is 0.00977. The van der Waals surface area contributed by atoms with E-state index in [0.29, 0.717) is 0 Å². The molecule has 0 atom stereocenters. The fourth-order valence-corrected chi connectivity index (χ4v) is 14.5. The van der Waals surface area contributed by atoms with Crippen LogP contribution in [-0.2, 0) is 19.3 Å². The lowest BCUT2D eigenvalue weighted by atomic mass is 9.32. The van der Waals surface area contributed by atoms with Crippen molar-refractivity contribution in [2.45, 2.75) is 31.1 Å². The summed E-state index contributed by atoms with van der Waals surface area (Å²) in [4.78, 5) is 2.57. The van der Waals surface area contributed by atoms with Crippen LogP contribution in [0.25, 0.3) is 11.1 Å². The van der Waals surface area contributed by atoms with Gasteiger partial charge in [0.25, 0.3) is 6.71 Å². The lowest BCUT2D eigenvalue weighted by molar-refractivity contribution is 0.465. The molecule has 0 amide bonds. The number of rotatable bonds is 4. The molecule has 0 N–H and O–H groups in total. The van der Waals surface area contributed by atoms with E-state index in [-0.39, 0.29) is 25.3 Å². The number of fused-ring (bicyclic) bond motifs is 12. The van der Waals surface area contributed by atoms with Gasteiger partial charge in [-0.3, -0.25) is 0 Å². The zero-order chi connectivity index (χ0) is 49.6. The molecular formula is C71H47B2NO2. The first-order valence-corrected chi connectivity index (χ1v) is 27.0. The Morgan fingerprint density at radius 3 is 1.36 bits per heavy atom. The van der Waals surface area contributed by atoms with Crippen LogP contribution in [-0.4, -0.2) is 13.4 Å². The summed E-state index contributed by atoms with van der Waals surface area (Å²) in [7, 11) is 0. The fraction of sp³-hybridized carbons (Fsp3) is 0.0704. The Labute approximate surface area is 443 Å². The molecular weight excluding hydrogens is 920 g/mol. The second-order valence-electron chi connectivity index (χ2n) is 21.7. The Morgan fingerprint density at radius 1 is 0.316 bits per heavy atom. The van der Waals surface area contributed by atoms with Gasteiger partial charge >= 0.3 is 0 Å². The third kappa shape index (κ3) is 6.20. The zero-order valence-corrected chi connectivity index (χ0v) is 41.7. The molecule has 11 aromatic carbocycles. The summed E-state index contributed by atoms with van der Waals surface area (Å²) in [5.74, 6) is 3.73. The van der Waals surface area contributed by atoms with Gasteiger partial charge in [-0.25, -0.2) is 0 Å². The van der Waals surface area contributed by atoms with Crippen LogP contribution < -0.4 is 47.2 Å². The fourth-order valence-electron chi connectivity index (χ4n) is 14.5. The van der Waals surface area contributed by atoms with Crippen LogP contribution in [0.4, 0.5) is 17.1 Å². The van der Waals surface area contributed by atoms with Crippen molar-refractivity contribution in [1.29, 1.82) is 0 Å². The summed E-state index contributed by atoms with van der Waals surface area (Å²) >= 11 is 0. The van der Waals surface area contributed by atoms with Crippen molar-refractivity contribution in [3.05, 3.63) is 303 Å². The Hall–Kier alpha value is -9.05. The van der Waals surface area contributed by atoms with E-state index in [0.717, 1.165) is 64.5 Å². The topological polar surface area (TPSA) is 21.7 Å². The van der Waals surface area contributed by atoms with E-state index in [9.17, 15) is 0 Å². The third-order valence-corrected chi connectivity index (χ3v) is 17.8. The van der Waals surface area contributed by atoms with Crippen LogP contribution in [0.1, 0.15) is 78.6 Å². The van der Waals surface area contributed by atoms with Gasteiger partial charge in [-0.1, -0.05) is 194 Å². The number of benzene rings is 11. The monoisotopic (exact) mass is 967 g/mol. The number of nitrogens with zero attached hydrogens (tertiary/aromatic N) is 1. The molecule has 354 valence electrons. The Bertz CT molecular complexity index is 4110. The lowest BCUT2D eigenvalue weighted by Crippen LogP contribution is -2.61. The van der Waals surface area contributed by atoms with Crippen LogP contribution in [0.2, 0.25) is 0 Å². The minimum atomic E-state index is 0.00977. The molecule has 0 saturated heterocycles. The molecule has 0 aromatic heterocycles. The Kier molecular flexibility index (Phi) is 9.03. The highest BCUT2D eigenvalue weighted by Crippen LogP contribution is 2.48. The van der Waals surface area contributed by atoms with Crippen molar-refractivity contribution in [3.8, 4) is 34.1 Å². The van der Waals surface area contributed by atoms with Crippen molar-refractivity contribution in [2.24, 2.45) is 0 Å². The Morgan fingerprint density at radius 2 is 0.776 bits per heavy atom. The van der Waals surface area contributed by atoms with Gasteiger partial charge in [-0.05, 0) is 168 Å². The quantitative estimate of drug-likeness (QED) is 0.164. The maximum absolute atomic E-state index is 6.93. The average Bonchev–Trinajstić information content (AvgIpc) is 3.48. The second kappa shape index (κ2) is 16.2. The van der Waals surface area contributed by atoms with Crippen LogP contribution >= 0.6 is 0 Å². The minimum Gasteiger partial charge on any atom is -0.458 e. The molecule has 6 aliphatic rings. The molecule has 4 heterocycles. The van der Waals surface area contributed by atoms with E-state index in [2.05, 4.69) is 241 Å². The van der Waals surface area contributed by atoms with Crippen molar-refractivity contribution in [3.63, 3.8) is 0 Å². The summed E-state index contributed by atoms with van der Waals surface area (Å²) in [6, 6.07) is 89.0. The molecule has 0 fully saturated rings. The van der Waals surface area contributed by atoms with Gasteiger partial charge in [-0.2, -0.15) is 0 Å². The van der Waals surface area contributed by atoms with Crippen LogP contribution in [0, 0.1) is 0 Å². The SMILES string of the molecule is c1ccc(N2c3cc(C4c5ccccc5Cc5ccccc54)ccc3B3c4ccc(C5c6ccccc6Cc6ccccc65)cc4Cc4cc(-c5cc6c7c(c5)Oc5ccccc5B7c5ccccc5O6)cc2c43)cc1. The van der Waals surface area contributed by atoms with Crippen molar-refractivity contribution in [1.82, 2.24) is 0 Å². The van der Waals surface area contributed by atoms with Gasteiger partial charge in [0.05, 0.1) is 0 Å². The highest BCUT2D eigenvalue weighted by Gasteiger charge is 2.44. The molecule has 0 spiro atoms. The molecule has 11 aromatic rings. The molecule has 3 nitrogen and oxygen atoms in total. The lowest BCUT2D eigenvalue weighted by Gasteiger charge is -2.42. The largest absolute Gasteiger partial charge is 0.458 e. The summed E-state index contributed by atoms with van der Waals surface area (Å²) in [5.41, 5.74) is 29.9. The average molecular weight is 968 g/mol. The first-order valence-electron chi connectivity index (χ1n) is 27.0. The zero-order valence-electron chi connectivity index (χ0n) is 41.7. The maximum atomic E-state index is 6.93. The standard InChI is InChI=1S/C71H47B2NO2/c1-2-20-53(21-3-1)74-62-39-48(69-56-24-10-6-18-45(56)35-46-19-7-11-25-57(46)69)31-33-59(62)72-58-32-30-47(68-54-22-8-4-16-43(54)34-44-17-5-9-23-55(44)68)36-51(58)38-52-37-49(40-63(74)70(52)72)50-41-66-71-67(42-50)76-65-29-15-13-27-61(65)73(71)60-26-12-14-28-64(60)75-66/h1-33,36-37,39-42,68-69H,34-35,38H2. The first kappa shape index (κ1) is 42.3. The smallest absolute Gasteiger partial charge is 0.260 e. The third-order valence-electron chi connectivity index (χ3n) is 17.8. The second-order valence-corrected chi connectivity index (χ2v) is 21.7. The number of anilines is 3. The van der Waals surface area contributed by atoms with Crippen molar-refractivity contribution >= 4 is 63.3 Å². The molecule has 17 rings (SSSR count). The van der Waals surface area contributed by atoms with Gasteiger partial charge in [0.2, 0.25) is 6.71 Å². The van der Waals surface area contributed by atoms with Gasteiger partial charge in [0, 0.05) is 34.4 Å². The van der Waals surface area contributed by atoms with E-state index in [1.165, 1.54) is 105 Å². The summed E-state index contributed by atoms with van der Waals surface area (Å²) in [6.07, 6.45) is 2.72. The van der Waals surface area contributed by atoms with Gasteiger partial charge in [0.1, 0.15) is 23.0 Å². The highest BCUT2D eigenvalue weighted by atomic mass is 16.5. The number of hydrogen-bond donors (Lipinski definition) is 0. The van der Waals surface area contributed by atoms with Crippen molar-refractivity contribution in [2.75, 3.05) is 4.90 Å². The molecule has 2 aliphatic carbocycles. The van der Waals surface area contributed by atoms with Crippen LogP contribution in [0.3, 0.4) is 0 Å². The van der Waals surface area contributed by atoms with Gasteiger partial charge in [0.15, 0.2) is 0 Å². The Balaban J connectivity index is 0.900. The molecule has 0 saturated carbocycles. The van der Waals surface area contributed by atoms with Crippen LogP contribution in [0.15, 0.2) is 237 Å². The first-order chi connectivity index (χ1) is 37.7. The number of ether oxygens (including phenoxy) is 2. The molecule has 0 radical (unpaired) electrons. The normalized spacial score (nSPS) is 14.7. The van der Waals surface area contributed by atoms with Crippen molar-refractivity contribution < 1.29 is 9.47 Å². The summed E-state index contributed by atoms with van der Waals surface area (Å²) in [5, 5.41) is 0. The number of para-hydroxylation sites is 3. The molecule has 0 unspecified atom stereocenters. The molecule has 4 aliphatic heterocycles. The van der Waals surface area contributed by atoms with E-state index in [4.69, 9.17) is 9.47 Å².